The van der Waals surface area contributed by atoms with Crippen LogP contribution in [0.5, 0.6) is 0 Å². The Morgan fingerprint density at radius 1 is 1.44 bits per heavy atom. The third kappa shape index (κ3) is 4.31. The minimum absolute atomic E-state index is 0.0588. The molecular weight excluding hydrogens is 268 g/mol. The molecule has 1 amide bonds. The lowest BCUT2D eigenvalue weighted by atomic mass is 10.2. The molecule has 0 aliphatic heterocycles. The van der Waals surface area contributed by atoms with E-state index < -0.39 is 0 Å². The van der Waals surface area contributed by atoms with Gasteiger partial charge in [-0.1, -0.05) is 26.2 Å². The van der Waals surface area contributed by atoms with Crippen molar-refractivity contribution >= 4 is 21.8 Å². The van der Waals surface area contributed by atoms with Crippen molar-refractivity contribution in [2.24, 2.45) is 0 Å². The molecule has 0 aromatic carbocycles. The Labute approximate surface area is 105 Å². The molecule has 88 valence electrons. The van der Waals surface area contributed by atoms with E-state index in [1.807, 2.05) is 0 Å². The molecule has 0 saturated heterocycles. The Balaban J connectivity index is 2.33. The van der Waals surface area contributed by atoms with Gasteiger partial charge < -0.3 is 5.32 Å². The number of carbonyl (C=O) groups excluding carboxylic acids is 1. The van der Waals surface area contributed by atoms with Crippen molar-refractivity contribution < 1.29 is 4.79 Å². The number of unbranched alkanes of at least 4 members (excludes halogenated alkanes) is 3. The number of aromatic nitrogens is 1. The summed E-state index contributed by atoms with van der Waals surface area (Å²) >= 11 is 3.26. The van der Waals surface area contributed by atoms with Crippen LogP contribution in [0.3, 0.4) is 0 Å². The minimum atomic E-state index is -0.0588. The Kier molecular flexibility index (Phi) is 6.08. The number of carbonyl (C=O) groups is 1. The summed E-state index contributed by atoms with van der Waals surface area (Å²) in [5, 5.41) is 2.89. The molecule has 0 saturated carbocycles. The van der Waals surface area contributed by atoms with Crippen molar-refractivity contribution in [2.45, 2.75) is 32.6 Å². The van der Waals surface area contributed by atoms with Crippen LogP contribution in [0.1, 0.15) is 43.0 Å². The molecule has 1 heterocycles. The summed E-state index contributed by atoms with van der Waals surface area (Å²) < 4.78 is 0.598. The van der Waals surface area contributed by atoms with Gasteiger partial charge in [-0.2, -0.15) is 0 Å². The summed E-state index contributed by atoms with van der Waals surface area (Å²) in [5.41, 5.74) is 0.595. The first kappa shape index (κ1) is 13.2. The van der Waals surface area contributed by atoms with Crippen LogP contribution >= 0.6 is 15.9 Å². The molecule has 0 radical (unpaired) electrons. The van der Waals surface area contributed by atoms with E-state index in [0.29, 0.717) is 10.2 Å². The fraction of sp³-hybridized carbons (Fsp3) is 0.500. The highest BCUT2D eigenvalue weighted by molar-refractivity contribution is 9.10. The van der Waals surface area contributed by atoms with Crippen molar-refractivity contribution in [3.63, 3.8) is 0 Å². The van der Waals surface area contributed by atoms with Crippen LogP contribution in [0.2, 0.25) is 0 Å². The molecule has 0 atom stereocenters. The van der Waals surface area contributed by atoms with E-state index in [9.17, 15) is 4.79 Å². The Morgan fingerprint density at radius 2 is 2.25 bits per heavy atom. The number of hydrogen-bond acceptors (Lipinski definition) is 2. The van der Waals surface area contributed by atoms with Crippen LogP contribution in [0.4, 0.5) is 0 Å². The molecule has 0 bridgehead atoms. The number of hydrogen-bond donors (Lipinski definition) is 1. The molecule has 4 heteroatoms. The van der Waals surface area contributed by atoms with Crippen LogP contribution in [0, 0.1) is 0 Å². The summed E-state index contributed by atoms with van der Waals surface area (Å²) in [6, 6.07) is 3.52. The Bertz CT molecular complexity index is 342. The van der Waals surface area contributed by atoms with E-state index in [2.05, 4.69) is 33.2 Å². The van der Waals surface area contributed by atoms with Crippen LogP contribution in [0.25, 0.3) is 0 Å². The monoisotopic (exact) mass is 284 g/mol. The number of amides is 1. The smallest absolute Gasteiger partial charge is 0.254 e. The molecule has 1 aromatic heterocycles. The van der Waals surface area contributed by atoms with Crippen molar-refractivity contribution in [3.8, 4) is 0 Å². The predicted octanol–water partition coefficient (Wildman–Crippen LogP) is 3.15. The lowest BCUT2D eigenvalue weighted by molar-refractivity contribution is 0.0951. The third-order valence-electron chi connectivity index (χ3n) is 2.32. The van der Waals surface area contributed by atoms with Gasteiger partial charge in [0.1, 0.15) is 4.60 Å². The largest absolute Gasteiger partial charge is 0.352 e. The van der Waals surface area contributed by atoms with E-state index in [1.54, 1.807) is 18.3 Å². The van der Waals surface area contributed by atoms with Crippen molar-refractivity contribution in [1.29, 1.82) is 0 Å². The number of nitrogens with one attached hydrogen (secondary N) is 1. The molecule has 3 nitrogen and oxygen atoms in total. The molecule has 0 aliphatic carbocycles. The van der Waals surface area contributed by atoms with Gasteiger partial charge in [0.05, 0.1) is 5.56 Å². The summed E-state index contributed by atoms with van der Waals surface area (Å²) in [6.07, 6.45) is 6.30. The summed E-state index contributed by atoms with van der Waals surface area (Å²) in [5.74, 6) is -0.0588. The maximum absolute atomic E-state index is 11.7. The number of halogens is 1. The maximum atomic E-state index is 11.7. The van der Waals surface area contributed by atoms with Crippen molar-refractivity contribution in [1.82, 2.24) is 10.3 Å². The van der Waals surface area contributed by atoms with Crippen LogP contribution in [0.15, 0.2) is 22.9 Å². The predicted molar refractivity (Wildman–Crippen MR) is 68.4 cm³/mol. The quantitative estimate of drug-likeness (QED) is 0.644. The first-order chi connectivity index (χ1) is 7.75. The highest BCUT2D eigenvalue weighted by Gasteiger charge is 2.08. The average molecular weight is 285 g/mol. The first-order valence-corrected chi connectivity index (χ1v) is 6.43. The standard InChI is InChI=1S/C12H17BrN2O/c1-2-3-4-5-8-15-12(16)10-7-6-9-14-11(10)13/h6-7,9H,2-5,8H2,1H3,(H,15,16). The molecule has 0 spiro atoms. The normalized spacial score (nSPS) is 10.1. The topological polar surface area (TPSA) is 42.0 Å². The SMILES string of the molecule is CCCCCCNC(=O)c1cccnc1Br. The summed E-state index contributed by atoms with van der Waals surface area (Å²) in [4.78, 5) is 15.7. The van der Waals surface area contributed by atoms with Gasteiger partial charge in [0.15, 0.2) is 0 Å². The minimum Gasteiger partial charge on any atom is -0.352 e. The number of rotatable bonds is 6. The van der Waals surface area contributed by atoms with Gasteiger partial charge in [-0.15, -0.1) is 0 Å². The number of pyridine rings is 1. The molecular formula is C12H17BrN2O. The lowest BCUT2D eigenvalue weighted by Gasteiger charge is -2.05. The first-order valence-electron chi connectivity index (χ1n) is 5.64. The number of nitrogens with zero attached hydrogens (tertiary/aromatic N) is 1. The van der Waals surface area contributed by atoms with Crippen molar-refractivity contribution in [2.75, 3.05) is 6.54 Å². The van der Waals surface area contributed by atoms with Crippen molar-refractivity contribution in [3.05, 3.63) is 28.5 Å². The Hall–Kier alpha value is -0.900. The second-order valence-corrected chi connectivity index (χ2v) is 4.41. The fourth-order valence-corrected chi connectivity index (χ4v) is 1.83. The van der Waals surface area contributed by atoms with E-state index in [1.165, 1.54) is 19.3 Å². The fourth-order valence-electron chi connectivity index (χ4n) is 1.40. The van der Waals surface area contributed by atoms with E-state index >= 15 is 0 Å². The average Bonchev–Trinajstić information content (AvgIpc) is 2.29. The van der Waals surface area contributed by atoms with Gasteiger partial charge in [-0.25, -0.2) is 4.98 Å². The molecule has 0 unspecified atom stereocenters. The highest BCUT2D eigenvalue weighted by atomic mass is 79.9. The molecule has 16 heavy (non-hydrogen) atoms. The van der Waals surface area contributed by atoms with Crippen LogP contribution in [-0.4, -0.2) is 17.4 Å². The Morgan fingerprint density at radius 3 is 2.94 bits per heavy atom. The second kappa shape index (κ2) is 7.39. The van der Waals surface area contributed by atoms with Gasteiger partial charge in [0, 0.05) is 12.7 Å². The van der Waals surface area contributed by atoms with Gasteiger partial charge >= 0.3 is 0 Å². The highest BCUT2D eigenvalue weighted by Crippen LogP contribution is 2.11. The lowest BCUT2D eigenvalue weighted by Crippen LogP contribution is -2.24. The van der Waals surface area contributed by atoms with E-state index in [4.69, 9.17) is 0 Å². The zero-order valence-electron chi connectivity index (χ0n) is 9.50. The zero-order chi connectivity index (χ0) is 11.8. The third-order valence-corrected chi connectivity index (χ3v) is 2.95. The molecule has 0 aliphatic rings. The zero-order valence-corrected chi connectivity index (χ0v) is 11.1. The second-order valence-electron chi connectivity index (χ2n) is 3.66. The molecule has 1 N–H and O–H groups in total. The van der Waals surface area contributed by atoms with Crippen LogP contribution in [-0.2, 0) is 0 Å². The summed E-state index contributed by atoms with van der Waals surface area (Å²) in [7, 11) is 0. The molecule has 1 aromatic rings. The molecule has 1 rings (SSSR count). The van der Waals surface area contributed by atoms with E-state index in [0.717, 1.165) is 13.0 Å². The van der Waals surface area contributed by atoms with E-state index in [-0.39, 0.29) is 5.91 Å². The van der Waals surface area contributed by atoms with Gasteiger partial charge in [0.2, 0.25) is 0 Å². The maximum Gasteiger partial charge on any atom is 0.254 e. The van der Waals surface area contributed by atoms with Gasteiger partial charge in [0.25, 0.3) is 5.91 Å². The molecule has 0 fully saturated rings. The van der Waals surface area contributed by atoms with Gasteiger partial charge in [-0.3, -0.25) is 4.79 Å². The van der Waals surface area contributed by atoms with Crippen LogP contribution < -0.4 is 5.32 Å². The summed E-state index contributed by atoms with van der Waals surface area (Å²) in [6.45, 7) is 2.91. The van der Waals surface area contributed by atoms with Gasteiger partial charge in [-0.05, 0) is 34.5 Å².